The van der Waals surface area contributed by atoms with Crippen molar-refractivity contribution in [3.8, 4) is 0 Å². The van der Waals surface area contributed by atoms with Gasteiger partial charge in [-0.3, -0.25) is 4.79 Å². The second-order valence-electron chi connectivity index (χ2n) is 2.79. The summed E-state index contributed by atoms with van der Waals surface area (Å²) in [7, 11) is 0. The number of primary amides is 1. The van der Waals surface area contributed by atoms with Crippen LogP contribution in [0.3, 0.4) is 0 Å². The van der Waals surface area contributed by atoms with E-state index in [1.54, 1.807) is 19.1 Å². The molecule has 3 heteroatoms. The standard InChI is InChI=1S/C9H12N2O/c1-6(9(11)12)7-2-4-8(10)5-3-7/h2-6H,10H2,1H3,(H2,11,12)/t6-/m0/s1. The molecule has 0 heterocycles. The summed E-state index contributed by atoms with van der Waals surface area (Å²) in [6, 6.07) is 7.14. The molecule has 1 aromatic carbocycles. The minimum Gasteiger partial charge on any atom is -0.399 e. The molecule has 0 aliphatic rings. The van der Waals surface area contributed by atoms with Crippen LogP contribution in [0.1, 0.15) is 18.4 Å². The number of hydrogen-bond acceptors (Lipinski definition) is 2. The number of nitrogens with two attached hydrogens (primary N) is 2. The smallest absolute Gasteiger partial charge is 0.224 e. The Hall–Kier alpha value is -1.51. The summed E-state index contributed by atoms with van der Waals surface area (Å²) < 4.78 is 0. The number of rotatable bonds is 2. The molecule has 1 aromatic rings. The van der Waals surface area contributed by atoms with Crippen molar-refractivity contribution < 1.29 is 4.79 Å². The van der Waals surface area contributed by atoms with Gasteiger partial charge in [-0.15, -0.1) is 0 Å². The third-order valence-corrected chi connectivity index (χ3v) is 1.86. The summed E-state index contributed by atoms with van der Waals surface area (Å²) in [5.41, 5.74) is 12.2. The zero-order valence-electron chi connectivity index (χ0n) is 6.95. The van der Waals surface area contributed by atoms with Crippen molar-refractivity contribution in [3.05, 3.63) is 29.8 Å². The van der Waals surface area contributed by atoms with E-state index in [0.717, 1.165) is 5.56 Å². The van der Waals surface area contributed by atoms with Crippen LogP contribution >= 0.6 is 0 Å². The molecular formula is C9H12N2O. The number of anilines is 1. The van der Waals surface area contributed by atoms with E-state index in [4.69, 9.17) is 11.5 Å². The normalized spacial score (nSPS) is 12.4. The Balaban J connectivity index is 2.89. The Kier molecular flexibility index (Phi) is 2.33. The Morgan fingerprint density at radius 2 is 1.83 bits per heavy atom. The first-order valence-electron chi connectivity index (χ1n) is 3.76. The van der Waals surface area contributed by atoms with E-state index in [2.05, 4.69) is 0 Å². The number of nitrogen functional groups attached to an aromatic ring is 1. The van der Waals surface area contributed by atoms with Crippen LogP contribution in [-0.4, -0.2) is 5.91 Å². The van der Waals surface area contributed by atoms with E-state index >= 15 is 0 Å². The molecule has 1 rings (SSSR count). The number of carbonyl (C=O) groups excluding carboxylic acids is 1. The van der Waals surface area contributed by atoms with Gasteiger partial charge in [-0.1, -0.05) is 12.1 Å². The molecule has 0 fully saturated rings. The third-order valence-electron chi connectivity index (χ3n) is 1.86. The van der Waals surface area contributed by atoms with Crippen LogP contribution in [0.15, 0.2) is 24.3 Å². The molecule has 64 valence electrons. The molecule has 0 aliphatic carbocycles. The highest BCUT2D eigenvalue weighted by molar-refractivity contribution is 5.81. The molecular weight excluding hydrogens is 152 g/mol. The summed E-state index contributed by atoms with van der Waals surface area (Å²) in [5.74, 6) is -0.564. The van der Waals surface area contributed by atoms with Crippen LogP contribution < -0.4 is 11.5 Å². The molecule has 0 unspecified atom stereocenters. The van der Waals surface area contributed by atoms with Crippen molar-refractivity contribution in [2.75, 3.05) is 5.73 Å². The maximum absolute atomic E-state index is 10.8. The predicted molar refractivity (Wildman–Crippen MR) is 48.5 cm³/mol. The number of amides is 1. The Morgan fingerprint density at radius 3 is 2.25 bits per heavy atom. The Labute approximate surface area is 71.4 Å². The van der Waals surface area contributed by atoms with Crippen molar-refractivity contribution in [2.24, 2.45) is 5.73 Å². The highest BCUT2D eigenvalue weighted by Gasteiger charge is 2.10. The van der Waals surface area contributed by atoms with E-state index in [-0.39, 0.29) is 11.8 Å². The second-order valence-corrected chi connectivity index (χ2v) is 2.79. The topological polar surface area (TPSA) is 69.1 Å². The third kappa shape index (κ3) is 1.75. The van der Waals surface area contributed by atoms with Gasteiger partial charge in [0, 0.05) is 5.69 Å². The van der Waals surface area contributed by atoms with E-state index in [9.17, 15) is 4.79 Å². The van der Waals surface area contributed by atoms with Gasteiger partial charge in [0.05, 0.1) is 5.92 Å². The molecule has 1 amide bonds. The number of carbonyl (C=O) groups is 1. The minimum atomic E-state index is -0.320. The Morgan fingerprint density at radius 1 is 1.33 bits per heavy atom. The lowest BCUT2D eigenvalue weighted by Crippen LogP contribution is -2.18. The number of benzene rings is 1. The fourth-order valence-corrected chi connectivity index (χ4v) is 0.949. The van der Waals surface area contributed by atoms with Crippen molar-refractivity contribution in [3.63, 3.8) is 0 Å². The largest absolute Gasteiger partial charge is 0.399 e. The van der Waals surface area contributed by atoms with Crippen molar-refractivity contribution in [1.29, 1.82) is 0 Å². The van der Waals surface area contributed by atoms with Gasteiger partial charge in [0.1, 0.15) is 0 Å². The average Bonchev–Trinajstić information content (AvgIpc) is 2.04. The van der Waals surface area contributed by atoms with Crippen LogP contribution in [-0.2, 0) is 4.79 Å². The van der Waals surface area contributed by atoms with Gasteiger partial charge < -0.3 is 11.5 Å². The molecule has 12 heavy (non-hydrogen) atoms. The van der Waals surface area contributed by atoms with Gasteiger partial charge in [0.15, 0.2) is 0 Å². The predicted octanol–water partition coefficient (Wildman–Crippen LogP) is 0.858. The van der Waals surface area contributed by atoms with Crippen molar-refractivity contribution >= 4 is 11.6 Å². The van der Waals surface area contributed by atoms with Gasteiger partial charge in [0.2, 0.25) is 5.91 Å². The molecule has 4 N–H and O–H groups in total. The quantitative estimate of drug-likeness (QED) is 0.636. The van der Waals surface area contributed by atoms with Crippen LogP contribution in [0, 0.1) is 0 Å². The van der Waals surface area contributed by atoms with Gasteiger partial charge in [-0.25, -0.2) is 0 Å². The summed E-state index contributed by atoms with van der Waals surface area (Å²) in [6.07, 6.45) is 0. The average molecular weight is 164 g/mol. The van der Waals surface area contributed by atoms with Crippen LogP contribution in [0.25, 0.3) is 0 Å². The minimum absolute atomic E-state index is 0.245. The van der Waals surface area contributed by atoms with Gasteiger partial charge in [-0.2, -0.15) is 0 Å². The summed E-state index contributed by atoms with van der Waals surface area (Å²) in [4.78, 5) is 10.8. The van der Waals surface area contributed by atoms with Gasteiger partial charge >= 0.3 is 0 Å². The molecule has 1 atom stereocenters. The monoisotopic (exact) mass is 164 g/mol. The first kappa shape index (κ1) is 8.59. The highest BCUT2D eigenvalue weighted by atomic mass is 16.1. The lowest BCUT2D eigenvalue weighted by atomic mass is 10.0. The summed E-state index contributed by atoms with van der Waals surface area (Å²) in [5, 5.41) is 0. The van der Waals surface area contributed by atoms with Gasteiger partial charge in [-0.05, 0) is 24.6 Å². The number of hydrogen-bond donors (Lipinski definition) is 2. The Bertz CT molecular complexity index is 279. The second kappa shape index (κ2) is 3.26. The zero-order valence-corrected chi connectivity index (χ0v) is 6.95. The van der Waals surface area contributed by atoms with Crippen LogP contribution in [0.5, 0.6) is 0 Å². The fourth-order valence-electron chi connectivity index (χ4n) is 0.949. The van der Waals surface area contributed by atoms with Crippen LogP contribution in [0.4, 0.5) is 5.69 Å². The molecule has 0 aromatic heterocycles. The molecule has 0 radical (unpaired) electrons. The maximum atomic E-state index is 10.8. The molecule has 0 aliphatic heterocycles. The summed E-state index contributed by atoms with van der Waals surface area (Å²) in [6.45, 7) is 1.77. The molecule has 0 saturated carbocycles. The molecule has 0 saturated heterocycles. The zero-order chi connectivity index (χ0) is 9.14. The molecule has 0 bridgehead atoms. The summed E-state index contributed by atoms with van der Waals surface area (Å²) >= 11 is 0. The fraction of sp³-hybridized carbons (Fsp3) is 0.222. The van der Waals surface area contributed by atoms with E-state index in [0.29, 0.717) is 5.69 Å². The van der Waals surface area contributed by atoms with E-state index in [1.165, 1.54) is 0 Å². The van der Waals surface area contributed by atoms with E-state index < -0.39 is 0 Å². The highest BCUT2D eigenvalue weighted by Crippen LogP contribution is 2.15. The van der Waals surface area contributed by atoms with Crippen LogP contribution in [0.2, 0.25) is 0 Å². The van der Waals surface area contributed by atoms with Crippen molar-refractivity contribution in [1.82, 2.24) is 0 Å². The van der Waals surface area contributed by atoms with Gasteiger partial charge in [0.25, 0.3) is 0 Å². The van der Waals surface area contributed by atoms with E-state index in [1.807, 2.05) is 12.1 Å². The maximum Gasteiger partial charge on any atom is 0.224 e. The molecule has 0 spiro atoms. The molecule has 3 nitrogen and oxygen atoms in total. The SMILES string of the molecule is C[C@H](C(N)=O)c1ccc(N)cc1. The first-order chi connectivity index (χ1) is 5.61. The lowest BCUT2D eigenvalue weighted by molar-refractivity contribution is -0.119. The first-order valence-corrected chi connectivity index (χ1v) is 3.76. The van der Waals surface area contributed by atoms with Crippen molar-refractivity contribution in [2.45, 2.75) is 12.8 Å². The lowest BCUT2D eigenvalue weighted by Gasteiger charge is -2.06.